The molecule has 3 aromatic heterocycles. The van der Waals surface area contributed by atoms with Crippen LogP contribution in [0.3, 0.4) is 0 Å². The molecular formula is C30H27F3N4O2S. The van der Waals surface area contributed by atoms with Gasteiger partial charge in [0, 0.05) is 36.5 Å². The molecule has 0 N–H and O–H groups in total. The molecule has 0 radical (unpaired) electrons. The van der Waals surface area contributed by atoms with Gasteiger partial charge in [-0.15, -0.1) is 24.5 Å². The summed E-state index contributed by atoms with van der Waals surface area (Å²) < 4.78 is 43.1. The molecule has 1 fully saturated rings. The number of piperidine rings is 1. The maximum absolute atomic E-state index is 13.0. The van der Waals surface area contributed by atoms with E-state index in [-0.39, 0.29) is 17.5 Å². The third kappa shape index (κ3) is 5.54. The molecule has 0 bridgehead atoms. The molecule has 206 valence electrons. The first-order valence-corrected chi connectivity index (χ1v) is 14.1. The van der Waals surface area contributed by atoms with Crippen LogP contribution < -0.4 is 9.64 Å². The van der Waals surface area contributed by atoms with E-state index < -0.39 is 6.36 Å². The first-order chi connectivity index (χ1) is 19.2. The predicted octanol–water partition coefficient (Wildman–Crippen LogP) is 7.35. The predicted molar refractivity (Wildman–Crippen MR) is 150 cm³/mol. The summed E-state index contributed by atoms with van der Waals surface area (Å²) >= 11 is 1.52. The second-order valence-corrected chi connectivity index (χ2v) is 11.0. The van der Waals surface area contributed by atoms with Gasteiger partial charge in [-0.05, 0) is 79.6 Å². The largest absolute Gasteiger partial charge is 0.573 e. The number of pyridine rings is 1. The van der Waals surface area contributed by atoms with Crippen molar-refractivity contribution in [3.63, 3.8) is 0 Å². The molecule has 1 saturated heterocycles. The zero-order valence-electron chi connectivity index (χ0n) is 21.8. The van der Waals surface area contributed by atoms with Gasteiger partial charge in [0.15, 0.2) is 10.7 Å². The van der Waals surface area contributed by atoms with Crippen molar-refractivity contribution >= 4 is 38.8 Å². The number of alkyl halides is 3. The van der Waals surface area contributed by atoms with Crippen molar-refractivity contribution in [1.82, 2.24) is 14.4 Å². The number of rotatable bonds is 7. The van der Waals surface area contributed by atoms with Crippen molar-refractivity contribution in [3.05, 3.63) is 88.7 Å². The number of fused-ring (bicyclic) bond motifs is 2. The number of ether oxygens (including phenoxy) is 1. The van der Waals surface area contributed by atoms with Crippen LogP contribution in [0.1, 0.15) is 52.5 Å². The van der Waals surface area contributed by atoms with Crippen LogP contribution in [0.2, 0.25) is 0 Å². The fourth-order valence-electron chi connectivity index (χ4n) is 5.49. The Kier molecular flexibility index (Phi) is 6.95. The Bertz CT molecular complexity index is 1670. The van der Waals surface area contributed by atoms with E-state index in [9.17, 15) is 18.0 Å². The maximum Gasteiger partial charge on any atom is 0.573 e. The number of carbonyl (C=O) groups excluding carboxylic acids is 1. The zero-order chi connectivity index (χ0) is 27.9. The number of halogens is 3. The minimum atomic E-state index is -4.68. The highest BCUT2D eigenvalue weighted by Gasteiger charge is 2.31. The van der Waals surface area contributed by atoms with Crippen molar-refractivity contribution in [2.24, 2.45) is 0 Å². The lowest BCUT2D eigenvalue weighted by Gasteiger charge is -2.33. The Labute approximate surface area is 233 Å². The lowest BCUT2D eigenvalue weighted by atomic mass is 9.89. The van der Waals surface area contributed by atoms with Crippen molar-refractivity contribution in [1.29, 1.82) is 0 Å². The van der Waals surface area contributed by atoms with Gasteiger partial charge in [0.25, 0.3) is 0 Å². The summed E-state index contributed by atoms with van der Waals surface area (Å²) in [5.41, 5.74) is 4.45. The van der Waals surface area contributed by atoms with E-state index in [0.29, 0.717) is 18.5 Å². The topological polar surface area (TPSA) is 59.7 Å². The molecule has 6 nitrogen and oxygen atoms in total. The Morgan fingerprint density at radius 2 is 1.82 bits per heavy atom. The van der Waals surface area contributed by atoms with Crippen molar-refractivity contribution in [3.8, 4) is 5.75 Å². The van der Waals surface area contributed by atoms with Crippen molar-refractivity contribution < 1.29 is 22.7 Å². The van der Waals surface area contributed by atoms with Crippen LogP contribution in [0.4, 0.5) is 19.0 Å². The Morgan fingerprint density at radius 1 is 1.05 bits per heavy atom. The highest BCUT2D eigenvalue weighted by atomic mass is 32.1. The summed E-state index contributed by atoms with van der Waals surface area (Å²) in [5, 5.41) is 2.97. The van der Waals surface area contributed by atoms with Gasteiger partial charge in [0.05, 0.1) is 11.2 Å². The summed E-state index contributed by atoms with van der Waals surface area (Å²) in [6.07, 6.45) is 0.0425. The van der Waals surface area contributed by atoms with Crippen LogP contribution in [0.5, 0.6) is 5.75 Å². The molecule has 4 heterocycles. The molecule has 0 atom stereocenters. The number of benzene rings is 2. The molecule has 1 aliphatic rings. The van der Waals surface area contributed by atoms with Crippen LogP contribution in [0.25, 0.3) is 15.9 Å². The fourth-order valence-corrected chi connectivity index (χ4v) is 6.25. The molecule has 2 aromatic carbocycles. The highest BCUT2D eigenvalue weighted by Crippen LogP contribution is 2.32. The van der Waals surface area contributed by atoms with E-state index in [1.54, 1.807) is 12.1 Å². The highest BCUT2D eigenvalue weighted by molar-refractivity contribution is 7.15. The standard InChI is InChI=1S/C30H27F3N4O2S/c1-19-28(37-16-17-40-29(37)34-19)26(38)10-3-20-2-9-25-23(18-20)6-11-27(35-25)36-14-12-22(13-15-36)21-4-7-24(8-5-21)39-30(31,32)33/h2,4-9,11,16-18,22H,3,10,12-15H2,1H3. The molecule has 0 aliphatic carbocycles. The molecule has 1 aliphatic heterocycles. The van der Waals surface area contributed by atoms with Gasteiger partial charge in [0.1, 0.15) is 17.3 Å². The number of hydrogen-bond donors (Lipinski definition) is 0. The Balaban J connectivity index is 1.07. The van der Waals surface area contributed by atoms with Crippen LogP contribution in [0.15, 0.2) is 66.2 Å². The summed E-state index contributed by atoms with van der Waals surface area (Å²) in [7, 11) is 0. The van der Waals surface area contributed by atoms with Crippen LogP contribution in [-0.2, 0) is 6.42 Å². The quantitative estimate of drug-likeness (QED) is 0.194. The SMILES string of the molecule is Cc1nc2sccn2c1C(=O)CCc1ccc2nc(N3CCC(c4ccc(OC(F)(F)F)cc4)CC3)ccc2c1. The van der Waals surface area contributed by atoms with E-state index in [1.165, 1.54) is 23.5 Å². The normalized spacial score (nSPS) is 14.8. The van der Waals surface area contributed by atoms with Gasteiger partial charge >= 0.3 is 6.36 Å². The average molecular weight is 565 g/mol. The summed E-state index contributed by atoms with van der Waals surface area (Å²) in [6, 6.07) is 16.5. The van der Waals surface area contributed by atoms with Gasteiger partial charge in [-0.2, -0.15) is 0 Å². The number of Topliss-reactive ketones (excluding diaryl/α,β-unsaturated/α-hetero) is 1. The minimum Gasteiger partial charge on any atom is -0.406 e. The average Bonchev–Trinajstić information content (AvgIpc) is 3.51. The number of imidazole rings is 1. The minimum absolute atomic E-state index is 0.0888. The van der Waals surface area contributed by atoms with E-state index in [4.69, 9.17) is 4.98 Å². The molecule has 0 spiro atoms. The molecule has 6 rings (SSSR count). The smallest absolute Gasteiger partial charge is 0.406 e. The molecule has 40 heavy (non-hydrogen) atoms. The number of thiazole rings is 1. The number of nitrogens with zero attached hydrogens (tertiary/aromatic N) is 4. The molecule has 0 amide bonds. The first kappa shape index (κ1) is 26.3. The Morgan fingerprint density at radius 3 is 2.58 bits per heavy atom. The number of anilines is 1. The van der Waals surface area contributed by atoms with Crippen LogP contribution in [-0.4, -0.2) is 39.6 Å². The van der Waals surface area contributed by atoms with Gasteiger partial charge in [-0.1, -0.05) is 18.2 Å². The second kappa shape index (κ2) is 10.6. The summed E-state index contributed by atoms with van der Waals surface area (Å²) in [4.78, 5) is 25.4. The number of ketones is 1. The van der Waals surface area contributed by atoms with Gasteiger partial charge in [-0.3, -0.25) is 9.20 Å². The molecule has 0 unspecified atom stereocenters. The van der Waals surface area contributed by atoms with Gasteiger partial charge < -0.3 is 9.64 Å². The van der Waals surface area contributed by atoms with Crippen LogP contribution in [0, 0.1) is 6.92 Å². The molecule has 0 saturated carbocycles. The van der Waals surface area contributed by atoms with E-state index in [0.717, 1.165) is 64.4 Å². The maximum atomic E-state index is 13.0. The number of aromatic nitrogens is 3. The second-order valence-electron chi connectivity index (χ2n) is 10.1. The number of carbonyl (C=O) groups is 1. The number of hydrogen-bond acceptors (Lipinski definition) is 6. The van der Waals surface area contributed by atoms with Crippen molar-refractivity contribution in [2.45, 2.75) is 44.9 Å². The Hall–Kier alpha value is -3.92. The first-order valence-electron chi connectivity index (χ1n) is 13.2. The van der Waals surface area contributed by atoms with E-state index in [1.807, 2.05) is 41.1 Å². The summed E-state index contributed by atoms with van der Waals surface area (Å²) in [6.45, 7) is 3.51. The third-order valence-electron chi connectivity index (χ3n) is 7.48. The van der Waals surface area contributed by atoms with E-state index >= 15 is 0 Å². The van der Waals surface area contributed by atoms with Gasteiger partial charge in [0.2, 0.25) is 0 Å². The lowest BCUT2D eigenvalue weighted by molar-refractivity contribution is -0.274. The summed E-state index contributed by atoms with van der Waals surface area (Å²) in [5.74, 6) is 1.09. The molecular weight excluding hydrogens is 537 g/mol. The molecule has 5 aromatic rings. The third-order valence-corrected chi connectivity index (χ3v) is 8.24. The molecule has 10 heteroatoms. The lowest BCUT2D eigenvalue weighted by Crippen LogP contribution is -2.33. The fraction of sp³-hybridized carbons (Fsp3) is 0.300. The zero-order valence-corrected chi connectivity index (χ0v) is 22.6. The van der Waals surface area contributed by atoms with E-state index in [2.05, 4.69) is 26.8 Å². The van der Waals surface area contributed by atoms with Gasteiger partial charge in [-0.25, -0.2) is 9.97 Å². The van der Waals surface area contributed by atoms with Crippen LogP contribution >= 0.6 is 11.3 Å². The monoisotopic (exact) mass is 564 g/mol. The van der Waals surface area contributed by atoms with Crippen molar-refractivity contribution in [2.75, 3.05) is 18.0 Å². The number of aryl methyl sites for hydroxylation is 2.